The Morgan fingerprint density at radius 2 is 1.88 bits per heavy atom. The summed E-state index contributed by atoms with van der Waals surface area (Å²) in [6, 6.07) is 9.51. The van der Waals surface area contributed by atoms with E-state index in [9.17, 15) is 8.42 Å². The van der Waals surface area contributed by atoms with Gasteiger partial charge in [0.1, 0.15) is 17.4 Å². The van der Waals surface area contributed by atoms with Crippen LogP contribution in [0.1, 0.15) is 30.2 Å². The van der Waals surface area contributed by atoms with Gasteiger partial charge in [-0.25, -0.2) is 13.1 Å². The van der Waals surface area contributed by atoms with E-state index in [1.165, 1.54) is 11.3 Å². The molecule has 0 unspecified atom stereocenters. The molecular weight excluding hydrogens is 358 g/mol. The van der Waals surface area contributed by atoms with Crippen LogP contribution in [0.5, 0.6) is 11.5 Å². The molecule has 1 aliphatic carbocycles. The number of aryl methyl sites for hydroxylation is 1. The highest BCUT2D eigenvalue weighted by atomic mass is 32.2. The molecule has 1 aromatic heterocycles. The van der Waals surface area contributed by atoms with Gasteiger partial charge in [0, 0.05) is 16.8 Å². The third-order valence-corrected chi connectivity index (χ3v) is 7.98. The van der Waals surface area contributed by atoms with E-state index in [1.54, 1.807) is 6.07 Å². The molecule has 4 rings (SSSR count). The van der Waals surface area contributed by atoms with Crippen molar-refractivity contribution in [2.75, 3.05) is 19.8 Å². The summed E-state index contributed by atoms with van der Waals surface area (Å²) in [5.41, 5.74) is 0.980. The number of thiophene rings is 1. The Balaban J connectivity index is 1.50. The van der Waals surface area contributed by atoms with Crippen molar-refractivity contribution < 1.29 is 17.9 Å². The molecular formula is C18H21NO4S2. The van der Waals surface area contributed by atoms with E-state index < -0.39 is 10.0 Å². The summed E-state index contributed by atoms with van der Waals surface area (Å²) < 4.78 is 39.5. The molecule has 0 bridgehead atoms. The van der Waals surface area contributed by atoms with Gasteiger partial charge in [0.25, 0.3) is 0 Å². The second-order valence-electron chi connectivity index (χ2n) is 6.54. The molecule has 1 saturated carbocycles. The van der Waals surface area contributed by atoms with Crippen LogP contribution in [0.3, 0.4) is 0 Å². The molecule has 134 valence electrons. The molecule has 7 heteroatoms. The Bertz CT molecular complexity index is 884. The predicted octanol–water partition coefficient (Wildman–Crippen LogP) is 3.09. The van der Waals surface area contributed by atoms with E-state index >= 15 is 0 Å². The van der Waals surface area contributed by atoms with E-state index in [0.29, 0.717) is 24.0 Å². The Labute approximate surface area is 152 Å². The van der Waals surface area contributed by atoms with Crippen LogP contribution in [-0.4, -0.2) is 28.2 Å². The Morgan fingerprint density at radius 1 is 1.12 bits per heavy atom. The fraction of sp³-hybridized carbons (Fsp3) is 0.444. The molecule has 0 amide bonds. The van der Waals surface area contributed by atoms with Gasteiger partial charge in [0.05, 0.1) is 0 Å². The molecule has 0 spiro atoms. The first-order valence-electron chi connectivity index (χ1n) is 8.51. The van der Waals surface area contributed by atoms with Crippen LogP contribution in [0.15, 0.2) is 34.5 Å². The maximum absolute atomic E-state index is 12.6. The standard InChI is InChI=1S/C18H21NO4S2/c1-2-14-4-6-17(24-14)25(20,21)19-12-18(7-8-18)13-3-5-15-16(11-13)23-10-9-22-15/h3-6,11,19H,2,7-10,12H2,1H3. The van der Waals surface area contributed by atoms with Crippen molar-refractivity contribution in [3.8, 4) is 11.5 Å². The van der Waals surface area contributed by atoms with Gasteiger partial charge in [-0.1, -0.05) is 13.0 Å². The third-order valence-electron chi connectivity index (χ3n) is 4.86. The van der Waals surface area contributed by atoms with Crippen LogP contribution < -0.4 is 14.2 Å². The lowest BCUT2D eigenvalue weighted by atomic mass is 9.96. The summed E-state index contributed by atoms with van der Waals surface area (Å²) in [4.78, 5) is 1.08. The molecule has 2 heterocycles. The van der Waals surface area contributed by atoms with Crippen LogP contribution >= 0.6 is 11.3 Å². The minimum Gasteiger partial charge on any atom is -0.486 e. The van der Waals surface area contributed by atoms with Gasteiger partial charge in [-0.2, -0.15) is 0 Å². The lowest BCUT2D eigenvalue weighted by molar-refractivity contribution is 0.171. The fourth-order valence-corrected chi connectivity index (χ4v) is 5.56. The summed E-state index contributed by atoms with van der Waals surface area (Å²) >= 11 is 1.34. The molecule has 2 aromatic rings. The largest absolute Gasteiger partial charge is 0.486 e. The number of ether oxygens (including phenoxy) is 2. The zero-order valence-electron chi connectivity index (χ0n) is 14.1. The number of benzene rings is 1. The van der Waals surface area contributed by atoms with Crippen LogP contribution in [0.25, 0.3) is 0 Å². The minimum absolute atomic E-state index is 0.131. The number of hydrogen-bond acceptors (Lipinski definition) is 5. The van der Waals surface area contributed by atoms with E-state index in [2.05, 4.69) is 4.72 Å². The predicted molar refractivity (Wildman–Crippen MR) is 97.2 cm³/mol. The molecule has 25 heavy (non-hydrogen) atoms. The Hall–Kier alpha value is -1.57. The van der Waals surface area contributed by atoms with Crippen molar-refractivity contribution in [3.63, 3.8) is 0 Å². The van der Waals surface area contributed by atoms with Crippen LogP contribution in [0, 0.1) is 0 Å². The van der Waals surface area contributed by atoms with Gasteiger partial charge in [0.15, 0.2) is 11.5 Å². The molecule has 1 N–H and O–H groups in total. The quantitative estimate of drug-likeness (QED) is 0.838. The third kappa shape index (κ3) is 3.28. The Morgan fingerprint density at radius 3 is 2.56 bits per heavy atom. The number of sulfonamides is 1. The smallest absolute Gasteiger partial charge is 0.250 e. The summed E-state index contributed by atoms with van der Waals surface area (Å²) in [6.45, 7) is 3.55. The average Bonchev–Trinajstić information content (AvgIpc) is 3.27. The monoisotopic (exact) mass is 379 g/mol. The highest BCUT2D eigenvalue weighted by Gasteiger charge is 2.45. The topological polar surface area (TPSA) is 64.6 Å². The van der Waals surface area contributed by atoms with Crippen molar-refractivity contribution in [3.05, 3.63) is 40.8 Å². The van der Waals surface area contributed by atoms with Crippen LogP contribution in [0.4, 0.5) is 0 Å². The zero-order chi connectivity index (χ0) is 17.5. The van der Waals surface area contributed by atoms with Crippen molar-refractivity contribution >= 4 is 21.4 Å². The van der Waals surface area contributed by atoms with E-state index in [4.69, 9.17) is 9.47 Å². The van der Waals surface area contributed by atoms with Crippen molar-refractivity contribution in [1.29, 1.82) is 0 Å². The lowest BCUT2D eigenvalue weighted by Gasteiger charge is -2.22. The fourth-order valence-electron chi connectivity index (χ4n) is 3.09. The van der Waals surface area contributed by atoms with E-state index in [0.717, 1.165) is 41.2 Å². The highest BCUT2D eigenvalue weighted by Crippen LogP contribution is 2.49. The summed E-state index contributed by atoms with van der Waals surface area (Å²) in [6.07, 6.45) is 2.79. The summed E-state index contributed by atoms with van der Waals surface area (Å²) in [5, 5.41) is 0. The lowest BCUT2D eigenvalue weighted by Crippen LogP contribution is -2.32. The molecule has 1 aromatic carbocycles. The maximum Gasteiger partial charge on any atom is 0.250 e. The van der Waals surface area contributed by atoms with Gasteiger partial charge >= 0.3 is 0 Å². The molecule has 0 radical (unpaired) electrons. The zero-order valence-corrected chi connectivity index (χ0v) is 15.7. The summed E-state index contributed by atoms with van der Waals surface area (Å²) in [5.74, 6) is 1.51. The molecule has 2 aliphatic rings. The van der Waals surface area contributed by atoms with Gasteiger partial charge < -0.3 is 9.47 Å². The maximum atomic E-state index is 12.6. The van der Waals surface area contributed by atoms with Crippen molar-refractivity contribution in [2.24, 2.45) is 0 Å². The number of rotatable bonds is 6. The Kier molecular flexibility index (Phi) is 4.25. The highest BCUT2D eigenvalue weighted by molar-refractivity contribution is 7.91. The van der Waals surface area contributed by atoms with Crippen LogP contribution in [-0.2, 0) is 21.9 Å². The summed E-state index contributed by atoms with van der Waals surface area (Å²) in [7, 11) is -3.46. The van der Waals surface area contributed by atoms with Gasteiger partial charge in [-0.3, -0.25) is 0 Å². The molecule has 1 fully saturated rings. The molecule has 1 aliphatic heterocycles. The second-order valence-corrected chi connectivity index (χ2v) is 9.70. The SMILES string of the molecule is CCc1ccc(S(=O)(=O)NCC2(c3ccc4c(c3)OCCO4)CC2)s1. The van der Waals surface area contributed by atoms with Gasteiger partial charge in [-0.05, 0) is 49.1 Å². The molecule has 5 nitrogen and oxygen atoms in total. The van der Waals surface area contributed by atoms with Crippen LogP contribution in [0.2, 0.25) is 0 Å². The van der Waals surface area contributed by atoms with Gasteiger partial charge in [0.2, 0.25) is 10.0 Å². The first-order chi connectivity index (χ1) is 12.0. The van der Waals surface area contributed by atoms with Crippen molar-refractivity contribution in [2.45, 2.75) is 35.8 Å². The van der Waals surface area contributed by atoms with Crippen molar-refractivity contribution in [1.82, 2.24) is 4.72 Å². The average molecular weight is 380 g/mol. The van der Waals surface area contributed by atoms with E-state index in [-0.39, 0.29) is 5.41 Å². The minimum atomic E-state index is -3.46. The molecule has 0 atom stereocenters. The first-order valence-corrected chi connectivity index (χ1v) is 10.8. The number of hydrogen-bond donors (Lipinski definition) is 1. The molecule has 0 saturated heterocycles. The number of fused-ring (bicyclic) bond motifs is 1. The van der Waals surface area contributed by atoms with E-state index in [1.807, 2.05) is 31.2 Å². The number of nitrogens with one attached hydrogen (secondary N) is 1. The normalized spacial score (nSPS) is 18.1. The first kappa shape index (κ1) is 16.9. The van der Waals surface area contributed by atoms with Gasteiger partial charge in [-0.15, -0.1) is 11.3 Å². The second kappa shape index (κ2) is 6.30.